The molecule has 0 unspecified atom stereocenters. The Balaban J connectivity index is 2.61. The molecule has 1 heterocycles. The average Bonchev–Trinajstić information content (AvgIpc) is 2.27. The van der Waals surface area contributed by atoms with Crippen LogP contribution in [0.5, 0.6) is 0 Å². The van der Waals surface area contributed by atoms with Crippen LogP contribution >= 0.6 is 0 Å². The molecule has 2 amide bonds. The van der Waals surface area contributed by atoms with Gasteiger partial charge in [-0.25, -0.2) is 4.79 Å². The molecule has 1 aliphatic rings. The number of nitrogens with zero attached hydrogens (tertiary/aromatic N) is 2. The predicted octanol–water partition coefficient (Wildman–Crippen LogP) is 0.128. The summed E-state index contributed by atoms with van der Waals surface area (Å²) in [6.07, 6.45) is -0.637. The van der Waals surface area contributed by atoms with Crippen LogP contribution in [-0.4, -0.2) is 77.7 Å². The van der Waals surface area contributed by atoms with E-state index >= 15 is 0 Å². The quantitative estimate of drug-likeness (QED) is 0.748. The zero-order chi connectivity index (χ0) is 17.1. The maximum Gasteiger partial charge on any atom is 0.410 e. The van der Waals surface area contributed by atoms with Crippen LogP contribution in [0, 0.1) is 0 Å². The van der Waals surface area contributed by atoms with Crippen molar-refractivity contribution in [2.75, 3.05) is 33.7 Å². The van der Waals surface area contributed by atoms with Gasteiger partial charge >= 0.3 is 12.1 Å². The standard InChI is InChI=1S/C14H25N3O5/c1-13(2,3)22-12(21)17-8-14(9-17,6-11(19)20)15-7-10(18)16(4)5/h15H,6-9H2,1-5H3,(H,19,20). The number of likely N-dealkylation sites (tertiary alicyclic amines) is 1. The van der Waals surface area contributed by atoms with Gasteiger partial charge in [-0.3, -0.25) is 14.9 Å². The third-order valence-corrected chi connectivity index (χ3v) is 3.24. The summed E-state index contributed by atoms with van der Waals surface area (Å²) in [6, 6.07) is 0. The zero-order valence-corrected chi connectivity index (χ0v) is 13.8. The predicted molar refractivity (Wildman–Crippen MR) is 79.5 cm³/mol. The van der Waals surface area contributed by atoms with Crippen LogP contribution < -0.4 is 5.32 Å². The first-order valence-corrected chi connectivity index (χ1v) is 7.09. The van der Waals surface area contributed by atoms with Crippen molar-refractivity contribution in [2.45, 2.75) is 38.3 Å². The number of hydrogen-bond donors (Lipinski definition) is 2. The Morgan fingerprint density at radius 1 is 1.27 bits per heavy atom. The topological polar surface area (TPSA) is 99.2 Å². The number of rotatable bonds is 5. The van der Waals surface area contributed by atoms with Crippen molar-refractivity contribution < 1.29 is 24.2 Å². The van der Waals surface area contributed by atoms with Crippen LogP contribution in [0.15, 0.2) is 0 Å². The van der Waals surface area contributed by atoms with Gasteiger partial charge in [0.05, 0.1) is 18.5 Å². The molecule has 0 saturated carbocycles. The number of ether oxygens (including phenoxy) is 1. The summed E-state index contributed by atoms with van der Waals surface area (Å²) in [5, 5.41) is 12.0. The number of carboxylic acid groups (broad SMARTS) is 1. The first-order chi connectivity index (χ1) is 9.94. The van der Waals surface area contributed by atoms with Crippen LogP contribution in [0.3, 0.4) is 0 Å². The monoisotopic (exact) mass is 315 g/mol. The highest BCUT2D eigenvalue weighted by atomic mass is 16.6. The maximum atomic E-state index is 11.9. The summed E-state index contributed by atoms with van der Waals surface area (Å²) >= 11 is 0. The Morgan fingerprint density at radius 2 is 1.82 bits per heavy atom. The second kappa shape index (κ2) is 6.51. The number of carbonyl (C=O) groups excluding carboxylic acids is 2. The maximum absolute atomic E-state index is 11.9. The molecule has 2 N–H and O–H groups in total. The van der Waals surface area contributed by atoms with Gasteiger partial charge in [0.2, 0.25) is 5.91 Å². The SMILES string of the molecule is CN(C)C(=O)CNC1(CC(=O)O)CN(C(=O)OC(C)(C)C)C1. The first kappa shape index (κ1) is 18.2. The number of carboxylic acids is 1. The lowest BCUT2D eigenvalue weighted by molar-refractivity contribution is -0.141. The molecule has 1 aliphatic heterocycles. The largest absolute Gasteiger partial charge is 0.481 e. The van der Waals surface area contributed by atoms with E-state index in [0.29, 0.717) is 0 Å². The molecule has 0 aromatic heterocycles. The summed E-state index contributed by atoms with van der Waals surface area (Å²) < 4.78 is 5.24. The molecule has 126 valence electrons. The fourth-order valence-corrected chi connectivity index (χ4v) is 2.14. The number of aliphatic carboxylic acids is 1. The Morgan fingerprint density at radius 3 is 2.23 bits per heavy atom. The minimum Gasteiger partial charge on any atom is -0.481 e. The summed E-state index contributed by atoms with van der Waals surface area (Å²) in [7, 11) is 3.25. The van der Waals surface area contributed by atoms with Gasteiger partial charge in [0, 0.05) is 27.2 Å². The molecule has 1 rings (SSSR count). The Kier molecular flexibility index (Phi) is 5.39. The second-order valence-electron chi connectivity index (χ2n) is 6.83. The van der Waals surface area contributed by atoms with Crippen molar-refractivity contribution >= 4 is 18.0 Å². The van der Waals surface area contributed by atoms with Gasteiger partial charge in [0.25, 0.3) is 0 Å². The highest BCUT2D eigenvalue weighted by Gasteiger charge is 2.47. The third-order valence-electron chi connectivity index (χ3n) is 3.24. The fourth-order valence-electron chi connectivity index (χ4n) is 2.14. The van der Waals surface area contributed by atoms with E-state index in [1.165, 1.54) is 9.80 Å². The molecule has 0 atom stereocenters. The van der Waals surface area contributed by atoms with Crippen molar-refractivity contribution in [3.05, 3.63) is 0 Å². The molecule has 0 aromatic carbocycles. The van der Waals surface area contributed by atoms with Crippen LogP contribution in [0.1, 0.15) is 27.2 Å². The molecule has 0 radical (unpaired) electrons. The van der Waals surface area contributed by atoms with Crippen LogP contribution in [0.4, 0.5) is 4.79 Å². The number of likely N-dealkylation sites (N-methyl/N-ethyl adjacent to an activating group) is 1. The summed E-state index contributed by atoms with van der Waals surface area (Å²) in [6.45, 7) is 5.74. The first-order valence-electron chi connectivity index (χ1n) is 7.09. The lowest BCUT2D eigenvalue weighted by atomic mass is 9.86. The number of amides is 2. The molecular weight excluding hydrogens is 290 g/mol. The molecule has 0 aliphatic carbocycles. The van der Waals surface area contributed by atoms with Crippen molar-refractivity contribution in [1.29, 1.82) is 0 Å². The summed E-state index contributed by atoms with van der Waals surface area (Å²) in [5.74, 6) is -1.13. The van der Waals surface area contributed by atoms with E-state index in [9.17, 15) is 14.4 Å². The third kappa shape index (κ3) is 5.18. The molecule has 1 fully saturated rings. The molecule has 0 spiro atoms. The van der Waals surface area contributed by atoms with Crippen LogP contribution in [0.25, 0.3) is 0 Å². The molecule has 1 saturated heterocycles. The Bertz CT molecular complexity index is 450. The van der Waals surface area contributed by atoms with E-state index in [1.807, 2.05) is 0 Å². The van der Waals surface area contributed by atoms with Gasteiger partial charge < -0.3 is 19.6 Å². The highest BCUT2D eigenvalue weighted by molar-refractivity contribution is 5.78. The van der Waals surface area contributed by atoms with E-state index in [2.05, 4.69) is 5.32 Å². The van der Waals surface area contributed by atoms with Gasteiger partial charge in [-0.15, -0.1) is 0 Å². The minimum atomic E-state index is -0.978. The molecule has 0 bridgehead atoms. The number of hydrogen-bond acceptors (Lipinski definition) is 5. The molecule has 8 nitrogen and oxygen atoms in total. The van der Waals surface area contributed by atoms with Crippen molar-refractivity contribution in [3.63, 3.8) is 0 Å². The van der Waals surface area contributed by atoms with Gasteiger partial charge in [0.15, 0.2) is 0 Å². The van der Waals surface area contributed by atoms with E-state index in [1.54, 1.807) is 34.9 Å². The van der Waals surface area contributed by atoms with Crippen molar-refractivity contribution in [1.82, 2.24) is 15.1 Å². The highest BCUT2D eigenvalue weighted by Crippen LogP contribution is 2.26. The summed E-state index contributed by atoms with van der Waals surface area (Å²) in [4.78, 5) is 37.4. The van der Waals surface area contributed by atoms with Gasteiger partial charge in [-0.1, -0.05) is 0 Å². The van der Waals surface area contributed by atoms with E-state index in [0.717, 1.165) is 0 Å². The smallest absolute Gasteiger partial charge is 0.410 e. The van der Waals surface area contributed by atoms with Crippen molar-refractivity contribution in [2.24, 2.45) is 0 Å². The minimum absolute atomic E-state index is 0.0302. The second-order valence-corrected chi connectivity index (χ2v) is 6.83. The average molecular weight is 315 g/mol. The van der Waals surface area contributed by atoms with Crippen LogP contribution in [0.2, 0.25) is 0 Å². The normalized spacial score (nSPS) is 16.7. The summed E-state index contributed by atoms with van der Waals surface area (Å²) in [5.41, 5.74) is -1.38. The van der Waals surface area contributed by atoms with E-state index in [4.69, 9.17) is 9.84 Å². The van der Waals surface area contributed by atoms with E-state index < -0.39 is 23.2 Å². The fraction of sp³-hybridized carbons (Fsp3) is 0.786. The van der Waals surface area contributed by atoms with Crippen molar-refractivity contribution in [3.8, 4) is 0 Å². The van der Waals surface area contributed by atoms with E-state index in [-0.39, 0.29) is 32.0 Å². The van der Waals surface area contributed by atoms with Gasteiger partial charge in [-0.05, 0) is 20.8 Å². The molecule has 22 heavy (non-hydrogen) atoms. The molecule has 0 aromatic rings. The number of nitrogens with one attached hydrogen (secondary N) is 1. The molecule has 8 heteroatoms. The Hall–Kier alpha value is -1.83. The number of carbonyl (C=O) groups is 3. The van der Waals surface area contributed by atoms with Gasteiger partial charge in [-0.2, -0.15) is 0 Å². The Labute approximate surface area is 130 Å². The van der Waals surface area contributed by atoms with Gasteiger partial charge in [0.1, 0.15) is 5.60 Å². The molecular formula is C14H25N3O5. The zero-order valence-electron chi connectivity index (χ0n) is 13.8. The lowest BCUT2D eigenvalue weighted by Gasteiger charge is -2.49. The van der Waals surface area contributed by atoms with Crippen LogP contribution in [-0.2, 0) is 14.3 Å². The lowest BCUT2D eigenvalue weighted by Crippen LogP contribution is -2.72.